The second-order valence-electron chi connectivity index (χ2n) is 3.41. The van der Waals surface area contributed by atoms with Crippen molar-refractivity contribution in [3.63, 3.8) is 0 Å². The SMILES string of the molecule is CCC(C)C1=C2CC=CC=C21. The minimum atomic E-state index is 0.788. The molecule has 58 valence electrons. The molecule has 0 aromatic carbocycles. The Morgan fingerprint density at radius 3 is 2.91 bits per heavy atom. The van der Waals surface area contributed by atoms with Crippen LogP contribution >= 0.6 is 0 Å². The van der Waals surface area contributed by atoms with Crippen LogP contribution in [0.1, 0.15) is 26.7 Å². The summed E-state index contributed by atoms with van der Waals surface area (Å²) in [6.07, 6.45) is 9.13. The molecule has 2 aliphatic carbocycles. The van der Waals surface area contributed by atoms with E-state index in [9.17, 15) is 0 Å². The van der Waals surface area contributed by atoms with Crippen molar-refractivity contribution >= 4 is 0 Å². The second-order valence-corrected chi connectivity index (χ2v) is 3.41. The Morgan fingerprint density at radius 1 is 1.55 bits per heavy atom. The second kappa shape index (κ2) is 2.37. The van der Waals surface area contributed by atoms with Crippen LogP contribution in [0.3, 0.4) is 0 Å². The summed E-state index contributed by atoms with van der Waals surface area (Å²) in [5, 5.41) is 0. The van der Waals surface area contributed by atoms with Crippen LogP contribution in [0.2, 0.25) is 0 Å². The number of allylic oxidation sites excluding steroid dienone is 6. The highest BCUT2D eigenvalue weighted by Crippen LogP contribution is 2.48. The summed E-state index contributed by atoms with van der Waals surface area (Å²) in [4.78, 5) is 0. The van der Waals surface area contributed by atoms with Crippen molar-refractivity contribution in [1.29, 1.82) is 0 Å². The Morgan fingerprint density at radius 2 is 2.36 bits per heavy atom. The molecule has 0 nitrogen and oxygen atoms in total. The zero-order valence-electron chi connectivity index (χ0n) is 7.22. The highest BCUT2D eigenvalue weighted by molar-refractivity contribution is 5.70. The summed E-state index contributed by atoms with van der Waals surface area (Å²) in [5.74, 6) is 0.788. The van der Waals surface area contributed by atoms with Gasteiger partial charge in [0.05, 0.1) is 0 Å². The van der Waals surface area contributed by atoms with Gasteiger partial charge in [0.25, 0.3) is 0 Å². The molecule has 0 saturated carbocycles. The molecule has 0 saturated heterocycles. The molecule has 1 unspecified atom stereocenters. The molecule has 0 amide bonds. The number of rotatable bonds is 2. The van der Waals surface area contributed by atoms with Crippen LogP contribution in [0.25, 0.3) is 0 Å². The molecule has 11 heavy (non-hydrogen) atoms. The van der Waals surface area contributed by atoms with Crippen molar-refractivity contribution in [1.82, 2.24) is 0 Å². The van der Waals surface area contributed by atoms with E-state index in [2.05, 4.69) is 32.1 Å². The minimum Gasteiger partial charge on any atom is -0.0801 e. The summed E-state index contributed by atoms with van der Waals surface area (Å²) < 4.78 is 0. The molecule has 0 spiro atoms. The molecule has 0 aromatic heterocycles. The van der Waals surface area contributed by atoms with Gasteiger partial charge in [-0.3, -0.25) is 0 Å². The molecule has 0 fully saturated rings. The monoisotopic (exact) mass is 146 g/mol. The van der Waals surface area contributed by atoms with Crippen LogP contribution in [0, 0.1) is 5.92 Å². The molecular formula is C11H14. The predicted octanol–water partition coefficient (Wildman–Crippen LogP) is 3.23. The minimum absolute atomic E-state index is 0.788. The van der Waals surface area contributed by atoms with Crippen molar-refractivity contribution in [2.24, 2.45) is 5.92 Å². The number of fused-ring (bicyclic) bond motifs is 1. The summed E-state index contributed by atoms with van der Waals surface area (Å²) in [7, 11) is 0. The van der Waals surface area contributed by atoms with Crippen LogP contribution in [-0.2, 0) is 0 Å². The molecular weight excluding hydrogens is 132 g/mol. The van der Waals surface area contributed by atoms with E-state index < -0.39 is 0 Å². The lowest BCUT2D eigenvalue weighted by Crippen LogP contribution is -1.86. The van der Waals surface area contributed by atoms with Crippen molar-refractivity contribution in [2.75, 3.05) is 0 Å². The van der Waals surface area contributed by atoms with Crippen molar-refractivity contribution in [3.05, 3.63) is 34.9 Å². The van der Waals surface area contributed by atoms with E-state index in [1.165, 1.54) is 12.8 Å². The lowest BCUT2D eigenvalue weighted by atomic mass is 10.1. The third kappa shape index (κ3) is 0.973. The van der Waals surface area contributed by atoms with E-state index >= 15 is 0 Å². The van der Waals surface area contributed by atoms with Crippen LogP contribution in [0.5, 0.6) is 0 Å². The van der Waals surface area contributed by atoms with Crippen LogP contribution in [0.15, 0.2) is 34.9 Å². The Bertz CT molecular complexity index is 264. The number of hydrogen-bond donors (Lipinski definition) is 0. The van der Waals surface area contributed by atoms with Crippen LogP contribution in [0.4, 0.5) is 0 Å². The molecule has 2 rings (SSSR count). The molecule has 0 N–H and O–H groups in total. The fourth-order valence-electron chi connectivity index (χ4n) is 1.79. The van der Waals surface area contributed by atoms with E-state index in [1.54, 1.807) is 16.7 Å². The topological polar surface area (TPSA) is 0 Å². The van der Waals surface area contributed by atoms with Crippen LogP contribution < -0.4 is 0 Å². The molecule has 0 aliphatic heterocycles. The number of hydrogen-bond acceptors (Lipinski definition) is 0. The quantitative estimate of drug-likeness (QED) is 0.561. The lowest BCUT2D eigenvalue weighted by molar-refractivity contribution is 0.682. The molecule has 0 bridgehead atoms. The largest absolute Gasteiger partial charge is 0.0801 e. The fourth-order valence-corrected chi connectivity index (χ4v) is 1.79. The Hall–Kier alpha value is -0.780. The van der Waals surface area contributed by atoms with Crippen LogP contribution in [-0.4, -0.2) is 0 Å². The van der Waals surface area contributed by atoms with Gasteiger partial charge in [-0.2, -0.15) is 0 Å². The maximum absolute atomic E-state index is 2.32. The van der Waals surface area contributed by atoms with Gasteiger partial charge in [0.1, 0.15) is 0 Å². The third-order valence-corrected chi connectivity index (χ3v) is 2.70. The normalized spacial score (nSPS) is 22.9. The van der Waals surface area contributed by atoms with E-state index in [0.717, 1.165) is 5.92 Å². The first-order valence-electron chi connectivity index (χ1n) is 4.45. The van der Waals surface area contributed by atoms with Gasteiger partial charge in [0.15, 0.2) is 0 Å². The van der Waals surface area contributed by atoms with Gasteiger partial charge < -0.3 is 0 Å². The average Bonchev–Trinajstić information content (AvgIpc) is 2.77. The van der Waals surface area contributed by atoms with Gasteiger partial charge in [0, 0.05) is 0 Å². The summed E-state index contributed by atoms with van der Waals surface area (Å²) >= 11 is 0. The summed E-state index contributed by atoms with van der Waals surface area (Å²) in [6.45, 7) is 4.58. The first kappa shape index (κ1) is 6.90. The Kier molecular flexibility index (Phi) is 1.49. The molecule has 0 radical (unpaired) electrons. The van der Waals surface area contributed by atoms with E-state index in [-0.39, 0.29) is 0 Å². The molecule has 0 aromatic rings. The summed E-state index contributed by atoms with van der Waals surface area (Å²) in [6, 6.07) is 0. The van der Waals surface area contributed by atoms with Crippen molar-refractivity contribution in [2.45, 2.75) is 26.7 Å². The molecule has 1 atom stereocenters. The van der Waals surface area contributed by atoms with Crippen molar-refractivity contribution < 1.29 is 0 Å². The predicted molar refractivity (Wildman–Crippen MR) is 48.3 cm³/mol. The molecule has 2 aliphatic rings. The average molecular weight is 146 g/mol. The standard InChI is InChI=1S/C11H14/c1-3-8(2)11-9-6-4-5-7-10(9)11/h4-6,8H,3,7H2,1-2H3. The van der Waals surface area contributed by atoms with Gasteiger partial charge in [-0.25, -0.2) is 0 Å². The van der Waals surface area contributed by atoms with Gasteiger partial charge in [-0.05, 0) is 35.5 Å². The fraction of sp³-hybridized carbons (Fsp3) is 0.455. The Labute approximate surface area is 68.3 Å². The Balaban J connectivity index is 2.16. The first-order valence-corrected chi connectivity index (χ1v) is 4.45. The third-order valence-electron chi connectivity index (χ3n) is 2.70. The maximum atomic E-state index is 2.32. The first-order chi connectivity index (χ1) is 5.34. The van der Waals surface area contributed by atoms with E-state index in [0.29, 0.717) is 0 Å². The van der Waals surface area contributed by atoms with E-state index in [1.807, 2.05) is 0 Å². The lowest BCUT2D eigenvalue weighted by Gasteiger charge is -1.99. The smallest absolute Gasteiger partial charge is 0.00852 e. The van der Waals surface area contributed by atoms with Gasteiger partial charge >= 0.3 is 0 Å². The van der Waals surface area contributed by atoms with Gasteiger partial charge in [-0.15, -0.1) is 0 Å². The zero-order chi connectivity index (χ0) is 7.84. The molecule has 0 heteroatoms. The van der Waals surface area contributed by atoms with E-state index in [4.69, 9.17) is 0 Å². The highest BCUT2D eigenvalue weighted by atomic mass is 14.4. The zero-order valence-corrected chi connectivity index (χ0v) is 7.22. The van der Waals surface area contributed by atoms with Gasteiger partial charge in [0.2, 0.25) is 0 Å². The highest BCUT2D eigenvalue weighted by Gasteiger charge is 2.31. The summed E-state index contributed by atoms with van der Waals surface area (Å²) in [5.41, 5.74) is 4.83. The van der Waals surface area contributed by atoms with Gasteiger partial charge in [-0.1, -0.05) is 32.1 Å². The molecule has 0 heterocycles. The van der Waals surface area contributed by atoms with Crippen molar-refractivity contribution in [3.8, 4) is 0 Å². The maximum Gasteiger partial charge on any atom is -0.00852 e.